The highest BCUT2D eigenvalue weighted by Gasteiger charge is 2.36. The van der Waals surface area contributed by atoms with E-state index in [2.05, 4.69) is 57.5 Å². The predicted octanol–water partition coefficient (Wildman–Crippen LogP) is -2.21. The summed E-state index contributed by atoms with van der Waals surface area (Å²) in [4.78, 5) is 144. The van der Waals surface area contributed by atoms with Crippen molar-refractivity contribution in [3.8, 4) is 0 Å². The van der Waals surface area contributed by atoms with Crippen LogP contribution in [0.3, 0.4) is 0 Å². The van der Waals surface area contributed by atoms with E-state index < -0.39 is 114 Å². The van der Waals surface area contributed by atoms with Gasteiger partial charge >= 0.3 is 5.97 Å². The number of primary amides is 1. The van der Waals surface area contributed by atoms with Gasteiger partial charge in [0.25, 0.3) is 0 Å². The van der Waals surface area contributed by atoms with Gasteiger partial charge in [0.1, 0.15) is 48.3 Å². The standard InChI is InChI=1S/C47H83N15O11/c1-11-26(8)37(62-38(64)27(9)48)45(71)61-34(19-25(6)7)43(69)60-35(20-29-21-52-22-54-29)44(70)56-30(13-12-16-53-47(50)51)40(66)58-33(18-24(4)5)42(68)59-32(17-23(2)3)41(67)57-31(14-15-36(49)63)39(65)55-28(10)46(72)73/h21-28,30-35,37H,11-20,48H2,1-10H3,(H2,49,63)(H,52,54)(H,55,65)(H,56,70)(H,57,67)(H,58,66)(H,59,68)(H,60,69)(H,61,71)(H,62,64)(H,72,73)(H4,50,51,53)/t26-,27-,28-,30-,31-,32-,33-,34-,35-,37-/m0/s1. The molecule has 1 heterocycles. The molecule has 0 radical (unpaired) electrons. The van der Waals surface area contributed by atoms with Crippen molar-refractivity contribution in [1.82, 2.24) is 52.5 Å². The SMILES string of the molecule is CC[C@H](C)[C@H](NC(=O)[C@H](C)N)C(=O)N[C@@H](CC(C)C)C(=O)N[C@@H](Cc1cnc[nH]1)C(=O)N[C@@H](CCCN=C(N)N)C(=O)N[C@@H](CC(C)C)C(=O)N[C@@H](CC(C)C)C(=O)N[C@@H](CCC(N)=O)C(=O)N[C@@H](C)C(=O)O. The summed E-state index contributed by atoms with van der Waals surface area (Å²) in [6.07, 6.45) is 2.87. The van der Waals surface area contributed by atoms with Crippen molar-refractivity contribution in [2.24, 2.45) is 51.6 Å². The lowest BCUT2D eigenvalue weighted by atomic mass is 9.96. The largest absolute Gasteiger partial charge is 0.480 e. The Bertz CT molecular complexity index is 2030. The smallest absolute Gasteiger partial charge is 0.325 e. The van der Waals surface area contributed by atoms with Crippen LogP contribution in [-0.4, -0.2) is 141 Å². The Morgan fingerprint density at radius 3 is 1.42 bits per heavy atom. The summed E-state index contributed by atoms with van der Waals surface area (Å²) in [5.74, 6) is -9.34. The zero-order valence-corrected chi connectivity index (χ0v) is 44.0. The number of aliphatic carboxylic acids is 1. The van der Waals surface area contributed by atoms with Gasteiger partial charge in [-0.1, -0.05) is 61.8 Å². The minimum atomic E-state index is -1.41. The maximum absolute atomic E-state index is 14.4. The highest BCUT2D eigenvalue weighted by molar-refractivity contribution is 5.98. The van der Waals surface area contributed by atoms with E-state index >= 15 is 0 Å². The average Bonchev–Trinajstić information content (AvgIpc) is 3.81. The lowest BCUT2D eigenvalue weighted by Crippen LogP contribution is -2.61. The molecule has 0 bridgehead atoms. The second-order valence-electron chi connectivity index (χ2n) is 19.7. The molecule has 0 saturated heterocycles. The van der Waals surface area contributed by atoms with Crippen molar-refractivity contribution in [2.45, 2.75) is 181 Å². The van der Waals surface area contributed by atoms with Crippen LogP contribution >= 0.6 is 0 Å². The van der Waals surface area contributed by atoms with E-state index in [1.807, 2.05) is 20.8 Å². The first-order valence-electron chi connectivity index (χ1n) is 24.8. The van der Waals surface area contributed by atoms with Gasteiger partial charge in [0.2, 0.25) is 53.2 Å². The zero-order chi connectivity index (χ0) is 55.7. The van der Waals surface area contributed by atoms with Crippen LogP contribution in [-0.2, 0) is 54.4 Å². The number of carboxylic acids is 1. The van der Waals surface area contributed by atoms with Gasteiger partial charge in [-0.3, -0.25) is 52.9 Å². The normalized spacial score (nSPS) is 15.4. The van der Waals surface area contributed by atoms with E-state index in [0.29, 0.717) is 12.1 Å². The van der Waals surface area contributed by atoms with E-state index in [0.717, 1.165) is 0 Å². The highest BCUT2D eigenvalue weighted by Crippen LogP contribution is 2.14. The van der Waals surface area contributed by atoms with Gasteiger partial charge in [-0.05, 0) is 76.0 Å². The summed E-state index contributed by atoms with van der Waals surface area (Å²) in [5.41, 5.74) is 22.6. The number of nitrogens with two attached hydrogens (primary N) is 4. The number of rotatable bonds is 34. The molecule has 0 aliphatic heterocycles. The van der Waals surface area contributed by atoms with Crippen LogP contribution in [0.4, 0.5) is 0 Å². The molecule has 1 aromatic rings. The quantitative estimate of drug-likeness (QED) is 0.0198. The van der Waals surface area contributed by atoms with Crippen molar-refractivity contribution < 1.29 is 53.1 Å². The fraction of sp³-hybridized carbons (Fsp3) is 0.702. The van der Waals surface area contributed by atoms with Gasteiger partial charge in [0, 0.05) is 31.3 Å². The van der Waals surface area contributed by atoms with E-state index in [4.69, 9.17) is 22.9 Å². The second-order valence-corrected chi connectivity index (χ2v) is 19.7. The molecular weight excluding hydrogens is 951 g/mol. The molecule has 0 aliphatic rings. The van der Waals surface area contributed by atoms with E-state index in [1.165, 1.54) is 26.4 Å². The average molecular weight is 1030 g/mol. The molecule has 1 aromatic heterocycles. The summed E-state index contributed by atoms with van der Waals surface area (Å²) in [5, 5.41) is 30.3. The van der Waals surface area contributed by atoms with E-state index in [1.54, 1.807) is 34.6 Å². The van der Waals surface area contributed by atoms with Crippen molar-refractivity contribution in [1.29, 1.82) is 0 Å². The Labute approximate surface area is 427 Å². The maximum atomic E-state index is 14.4. The Morgan fingerprint density at radius 2 is 1.01 bits per heavy atom. The number of aromatic nitrogens is 2. The lowest BCUT2D eigenvalue weighted by Gasteiger charge is -2.29. The van der Waals surface area contributed by atoms with Crippen LogP contribution in [0.25, 0.3) is 0 Å². The predicted molar refractivity (Wildman–Crippen MR) is 271 cm³/mol. The molecule has 0 aliphatic carbocycles. The number of H-pyrrole nitrogens is 1. The third-order valence-corrected chi connectivity index (χ3v) is 11.5. The second kappa shape index (κ2) is 32.3. The highest BCUT2D eigenvalue weighted by atomic mass is 16.4. The zero-order valence-electron chi connectivity index (χ0n) is 44.0. The number of guanidine groups is 1. The maximum Gasteiger partial charge on any atom is 0.325 e. The third-order valence-electron chi connectivity index (χ3n) is 11.5. The van der Waals surface area contributed by atoms with Crippen LogP contribution in [0, 0.1) is 23.7 Å². The fourth-order valence-electron chi connectivity index (χ4n) is 7.25. The van der Waals surface area contributed by atoms with Gasteiger partial charge in [-0.15, -0.1) is 0 Å². The molecule has 0 spiro atoms. The summed E-state index contributed by atoms with van der Waals surface area (Å²) in [7, 11) is 0. The Balaban J connectivity index is 3.63. The Kier molecular flexibility index (Phi) is 28.4. The van der Waals surface area contributed by atoms with Gasteiger partial charge in [0.15, 0.2) is 5.96 Å². The molecule has 18 N–H and O–H groups in total. The molecule has 1 rings (SSSR count). The summed E-state index contributed by atoms with van der Waals surface area (Å²) in [6, 6.07) is -11.2. The molecule has 10 atom stereocenters. The molecule has 0 unspecified atom stereocenters. The number of nitrogens with zero attached hydrogens (tertiary/aromatic N) is 2. The minimum absolute atomic E-state index is 0.0464. The number of amides is 9. The molecule has 26 heteroatoms. The number of aliphatic imine (C=N–C) groups is 1. The summed E-state index contributed by atoms with van der Waals surface area (Å²) < 4.78 is 0. The molecular formula is C47H83N15O11. The molecule has 26 nitrogen and oxygen atoms in total. The molecule has 0 fully saturated rings. The van der Waals surface area contributed by atoms with E-state index in [9.17, 15) is 53.1 Å². The Morgan fingerprint density at radius 1 is 0.589 bits per heavy atom. The molecule has 9 amide bonds. The van der Waals surface area contributed by atoms with Crippen LogP contribution in [0.5, 0.6) is 0 Å². The number of hydrogen-bond acceptors (Lipinski definition) is 13. The van der Waals surface area contributed by atoms with Crippen LogP contribution in [0.2, 0.25) is 0 Å². The van der Waals surface area contributed by atoms with Crippen LogP contribution < -0.4 is 65.5 Å². The van der Waals surface area contributed by atoms with Crippen LogP contribution in [0.1, 0.15) is 126 Å². The Hall–Kier alpha value is -6.86. The molecule has 73 heavy (non-hydrogen) atoms. The van der Waals surface area contributed by atoms with Crippen molar-refractivity contribution in [2.75, 3.05) is 6.54 Å². The third kappa shape index (κ3) is 24.9. The fourth-order valence-corrected chi connectivity index (χ4v) is 7.25. The topological polar surface area (TPSA) is 432 Å². The van der Waals surface area contributed by atoms with Crippen molar-refractivity contribution in [3.05, 3.63) is 18.2 Å². The first-order valence-corrected chi connectivity index (χ1v) is 24.8. The van der Waals surface area contributed by atoms with E-state index in [-0.39, 0.29) is 87.5 Å². The number of hydrogen-bond donors (Lipinski definition) is 14. The number of nitrogens with one attached hydrogen (secondary N) is 9. The first kappa shape index (κ1) is 64.2. The molecule has 0 aromatic carbocycles. The lowest BCUT2D eigenvalue weighted by molar-refractivity contribution is -0.142. The van der Waals surface area contributed by atoms with Gasteiger partial charge < -0.3 is 75.6 Å². The number of carbonyl (C=O) groups excluding carboxylic acids is 9. The summed E-state index contributed by atoms with van der Waals surface area (Å²) in [6.45, 7) is 17.1. The minimum Gasteiger partial charge on any atom is -0.480 e. The number of aromatic amines is 1. The van der Waals surface area contributed by atoms with Crippen molar-refractivity contribution in [3.63, 3.8) is 0 Å². The van der Waals surface area contributed by atoms with Crippen molar-refractivity contribution >= 4 is 65.1 Å². The molecule has 0 saturated carbocycles. The van der Waals surface area contributed by atoms with Gasteiger partial charge in [0.05, 0.1) is 12.4 Å². The summed E-state index contributed by atoms with van der Waals surface area (Å²) >= 11 is 0. The van der Waals surface area contributed by atoms with Gasteiger partial charge in [-0.25, -0.2) is 4.98 Å². The monoisotopic (exact) mass is 1030 g/mol. The molecule has 412 valence electrons. The first-order chi connectivity index (χ1) is 34.1. The number of imidazole rings is 1. The number of carbonyl (C=O) groups is 10. The van der Waals surface area contributed by atoms with Crippen LogP contribution in [0.15, 0.2) is 17.5 Å². The number of carboxylic acid groups (broad SMARTS) is 1. The van der Waals surface area contributed by atoms with Gasteiger partial charge in [-0.2, -0.15) is 0 Å².